The second-order valence-electron chi connectivity index (χ2n) is 4.74. The van der Waals surface area contributed by atoms with Crippen molar-refractivity contribution in [1.82, 2.24) is 0 Å². The Kier molecular flexibility index (Phi) is 6.79. The van der Waals surface area contributed by atoms with E-state index in [4.69, 9.17) is 16.2 Å². The van der Waals surface area contributed by atoms with Crippen molar-refractivity contribution >= 4 is 11.6 Å². The van der Waals surface area contributed by atoms with Crippen LogP contribution in [0.5, 0.6) is 5.75 Å². The summed E-state index contributed by atoms with van der Waals surface area (Å²) in [7, 11) is 0. The number of ether oxygens (including phenoxy) is 1. The average molecular weight is 264 g/mol. The number of hydrogen-bond donors (Lipinski definition) is 2. The number of rotatable bonds is 9. The second kappa shape index (κ2) is 8.40. The Hall–Kier alpha value is -1.71. The molecule has 0 aliphatic rings. The Balaban J connectivity index is 2.35. The fraction of sp³-hybridized carbons (Fsp3) is 0.533. The maximum absolute atomic E-state index is 11.3. The molecule has 0 unspecified atom stereocenters. The van der Waals surface area contributed by atoms with Crippen LogP contribution in [0.15, 0.2) is 18.2 Å². The van der Waals surface area contributed by atoms with Crippen molar-refractivity contribution in [3.63, 3.8) is 0 Å². The van der Waals surface area contributed by atoms with Crippen molar-refractivity contribution in [1.29, 1.82) is 0 Å². The summed E-state index contributed by atoms with van der Waals surface area (Å²) in [5.74, 6) is 0.0144. The predicted octanol–water partition coefficient (Wildman–Crippen LogP) is 3.11. The molecule has 0 aliphatic heterocycles. The van der Waals surface area contributed by atoms with Gasteiger partial charge >= 0.3 is 0 Å². The molecule has 0 radical (unpaired) electrons. The van der Waals surface area contributed by atoms with Crippen molar-refractivity contribution < 1.29 is 9.53 Å². The van der Waals surface area contributed by atoms with Crippen molar-refractivity contribution in [3.8, 4) is 5.75 Å². The molecule has 19 heavy (non-hydrogen) atoms. The molecule has 0 atom stereocenters. The Morgan fingerprint density at radius 2 is 1.84 bits per heavy atom. The minimum atomic E-state index is -0.509. The van der Waals surface area contributed by atoms with E-state index in [1.54, 1.807) is 18.2 Å². The number of carbonyl (C=O) groups is 1. The smallest absolute Gasteiger partial charge is 0.252 e. The van der Waals surface area contributed by atoms with Gasteiger partial charge in [0.2, 0.25) is 0 Å². The van der Waals surface area contributed by atoms with E-state index in [1.165, 1.54) is 25.7 Å². The average Bonchev–Trinajstić information content (AvgIpc) is 2.39. The molecule has 0 spiro atoms. The number of benzene rings is 1. The molecule has 4 nitrogen and oxygen atoms in total. The minimum Gasteiger partial charge on any atom is -0.493 e. The fourth-order valence-electron chi connectivity index (χ4n) is 1.93. The standard InChI is InChI=1S/C15H24N2O2/c1-2-3-4-5-6-7-10-19-14-9-8-12(16)11-13(14)15(17)18/h8-9,11H,2-7,10,16H2,1H3,(H2,17,18). The number of nitrogen functional groups attached to an aromatic ring is 1. The zero-order chi connectivity index (χ0) is 14.1. The van der Waals surface area contributed by atoms with Crippen LogP contribution in [0.3, 0.4) is 0 Å². The summed E-state index contributed by atoms with van der Waals surface area (Å²) in [6.45, 7) is 2.81. The molecule has 0 bridgehead atoms. The number of primary amides is 1. The molecule has 0 fully saturated rings. The number of hydrogen-bond acceptors (Lipinski definition) is 3. The summed E-state index contributed by atoms with van der Waals surface area (Å²) >= 11 is 0. The highest BCUT2D eigenvalue weighted by Crippen LogP contribution is 2.21. The summed E-state index contributed by atoms with van der Waals surface area (Å²) < 4.78 is 5.60. The van der Waals surface area contributed by atoms with Crippen LogP contribution >= 0.6 is 0 Å². The summed E-state index contributed by atoms with van der Waals surface area (Å²) in [5.41, 5.74) is 11.8. The van der Waals surface area contributed by atoms with Crippen LogP contribution in [0.4, 0.5) is 5.69 Å². The molecule has 4 heteroatoms. The Morgan fingerprint density at radius 3 is 2.53 bits per heavy atom. The van der Waals surface area contributed by atoms with Crippen molar-refractivity contribution in [2.75, 3.05) is 12.3 Å². The zero-order valence-electron chi connectivity index (χ0n) is 11.7. The van der Waals surface area contributed by atoms with E-state index in [1.807, 2.05) is 0 Å². The van der Waals surface area contributed by atoms with E-state index in [2.05, 4.69) is 6.92 Å². The third kappa shape index (κ3) is 5.64. The van der Waals surface area contributed by atoms with Gasteiger partial charge in [-0.25, -0.2) is 0 Å². The normalized spacial score (nSPS) is 10.4. The van der Waals surface area contributed by atoms with Gasteiger partial charge in [-0.2, -0.15) is 0 Å². The quantitative estimate of drug-likeness (QED) is 0.531. The minimum absolute atomic E-state index is 0.353. The highest BCUT2D eigenvalue weighted by molar-refractivity contribution is 5.96. The number of unbranched alkanes of at least 4 members (excludes halogenated alkanes) is 5. The number of nitrogens with two attached hydrogens (primary N) is 2. The van der Waals surface area contributed by atoms with Crippen LogP contribution in [-0.2, 0) is 0 Å². The van der Waals surface area contributed by atoms with Gasteiger partial charge in [-0.05, 0) is 24.6 Å². The van der Waals surface area contributed by atoms with E-state index in [0.717, 1.165) is 12.8 Å². The molecule has 0 heterocycles. The van der Waals surface area contributed by atoms with Crippen LogP contribution in [0.2, 0.25) is 0 Å². The molecule has 0 aromatic heterocycles. The van der Waals surface area contributed by atoms with Crippen LogP contribution in [0, 0.1) is 0 Å². The lowest BCUT2D eigenvalue weighted by Crippen LogP contribution is -2.14. The van der Waals surface area contributed by atoms with E-state index in [9.17, 15) is 4.79 Å². The third-order valence-electron chi connectivity index (χ3n) is 3.02. The fourth-order valence-corrected chi connectivity index (χ4v) is 1.93. The number of carbonyl (C=O) groups excluding carboxylic acids is 1. The molecule has 106 valence electrons. The van der Waals surface area contributed by atoms with Gasteiger partial charge in [0.25, 0.3) is 5.91 Å². The lowest BCUT2D eigenvalue weighted by atomic mass is 10.1. The van der Waals surface area contributed by atoms with Crippen molar-refractivity contribution in [2.24, 2.45) is 5.73 Å². The summed E-state index contributed by atoms with van der Waals surface area (Å²) in [6.07, 6.45) is 7.22. The van der Waals surface area contributed by atoms with Crippen LogP contribution in [0.1, 0.15) is 55.8 Å². The van der Waals surface area contributed by atoms with Crippen LogP contribution in [0.25, 0.3) is 0 Å². The first-order valence-electron chi connectivity index (χ1n) is 6.97. The molecule has 0 saturated carbocycles. The summed E-state index contributed by atoms with van der Waals surface area (Å²) in [6, 6.07) is 4.97. The number of anilines is 1. The molecule has 0 aliphatic carbocycles. The molecule has 1 amide bonds. The molecular formula is C15H24N2O2. The Labute approximate surface area is 115 Å². The van der Waals surface area contributed by atoms with E-state index >= 15 is 0 Å². The topological polar surface area (TPSA) is 78.3 Å². The highest BCUT2D eigenvalue weighted by Gasteiger charge is 2.09. The first kappa shape index (κ1) is 15.3. The maximum atomic E-state index is 11.3. The van der Waals surface area contributed by atoms with Gasteiger partial charge < -0.3 is 16.2 Å². The molecule has 4 N–H and O–H groups in total. The van der Waals surface area contributed by atoms with Gasteiger partial charge in [0, 0.05) is 5.69 Å². The summed E-state index contributed by atoms with van der Waals surface area (Å²) in [5, 5.41) is 0. The third-order valence-corrected chi connectivity index (χ3v) is 3.02. The summed E-state index contributed by atoms with van der Waals surface area (Å²) in [4.78, 5) is 11.3. The van der Waals surface area contributed by atoms with E-state index < -0.39 is 5.91 Å². The van der Waals surface area contributed by atoms with Crippen molar-refractivity contribution in [2.45, 2.75) is 45.4 Å². The monoisotopic (exact) mass is 264 g/mol. The predicted molar refractivity (Wildman–Crippen MR) is 78.2 cm³/mol. The van der Waals surface area contributed by atoms with Gasteiger partial charge in [0.15, 0.2) is 0 Å². The van der Waals surface area contributed by atoms with Crippen LogP contribution < -0.4 is 16.2 Å². The lowest BCUT2D eigenvalue weighted by molar-refractivity contribution is 0.0996. The Bertz CT molecular complexity index is 405. The molecule has 0 saturated heterocycles. The maximum Gasteiger partial charge on any atom is 0.252 e. The molecule has 1 rings (SSSR count). The zero-order valence-corrected chi connectivity index (χ0v) is 11.7. The first-order valence-corrected chi connectivity index (χ1v) is 6.97. The molecular weight excluding hydrogens is 240 g/mol. The van der Waals surface area contributed by atoms with Gasteiger partial charge in [-0.1, -0.05) is 39.0 Å². The van der Waals surface area contributed by atoms with Crippen LogP contribution in [-0.4, -0.2) is 12.5 Å². The largest absolute Gasteiger partial charge is 0.493 e. The van der Waals surface area contributed by atoms with E-state index in [-0.39, 0.29) is 0 Å². The van der Waals surface area contributed by atoms with E-state index in [0.29, 0.717) is 23.6 Å². The highest BCUT2D eigenvalue weighted by atomic mass is 16.5. The second-order valence-corrected chi connectivity index (χ2v) is 4.74. The van der Waals surface area contributed by atoms with Gasteiger partial charge in [0.1, 0.15) is 5.75 Å². The first-order chi connectivity index (χ1) is 9.15. The van der Waals surface area contributed by atoms with Gasteiger partial charge in [-0.15, -0.1) is 0 Å². The SMILES string of the molecule is CCCCCCCCOc1ccc(N)cc1C(N)=O. The van der Waals surface area contributed by atoms with Gasteiger partial charge in [-0.3, -0.25) is 4.79 Å². The molecule has 1 aromatic carbocycles. The number of amides is 1. The van der Waals surface area contributed by atoms with Crippen molar-refractivity contribution in [3.05, 3.63) is 23.8 Å². The Morgan fingerprint density at radius 1 is 1.16 bits per heavy atom. The molecule has 1 aromatic rings. The van der Waals surface area contributed by atoms with Gasteiger partial charge in [0.05, 0.1) is 12.2 Å². The lowest BCUT2D eigenvalue weighted by Gasteiger charge is -2.10.